The van der Waals surface area contributed by atoms with E-state index in [-0.39, 0.29) is 5.41 Å². The van der Waals surface area contributed by atoms with Gasteiger partial charge in [-0.05, 0) is 115 Å². The minimum atomic E-state index is 0.136. The summed E-state index contributed by atoms with van der Waals surface area (Å²) in [6.07, 6.45) is 5.52. The van der Waals surface area contributed by atoms with Crippen LogP contribution in [0.15, 0.2) is 138 Å². The Bertz CT molecular complexity index is 3350. The highest BCUT2D eigenvalue weighted by Crippen LogP contribution is 2.39. The molecule has 1 aliphatic heterocycles. The summed E-state index contributed by atoms with van der Waals surface area (Å²) < 4.78 is 12.9. The van der Waals surface area contributed by atoms with Crippen molar-refractivity contribution in [2.24, 2.45) is 19.1 Å². The van der Waals surface area contributed by atoms with Crippen LogP contribution >= 0.6 is 56.9 Å². The number of methoxy groups -OCH3 is 1. The van der Waals surface area contributed by atoms with Crippen LogP contribution in [0.3, 0.4) is 0 Å². The second-order valence-corrected chi connectivity index (χ2v) is 21.5. The van der Waals surface area contributed by atoms with Crippen LogP contribution in [0.5, 0.6) is 5.75 Å². The number of ether oxygens (including phenoxy) is 1. The molecule has 6 aromatic heterocycles. The molecule has 7 heterocycles. The average Bonchev–Trinajstić information content (AvgIpc) is 4.22. The molecule has 0 bridgehead atoms. The zero-order valence-corrected chi connectivity index (χ0v) is 45.2. The minimum Gasteiger partial charge on any atom is -0.497 e. The van der Waals surface area contributed by atoms with Gasteiger partial charge in [-0.15, -0.1) is 45.3 Å². The van der Waals surface area contributed by atoms with Crippen molar-refractivity contribution in [3.05, 3.63) is 175 Å². The van der Waals surface area contributed by atoms with E-state index in [2.05, 4.69) is 90.6 Å². The molecule has 0 unspecified atom stereocenters. The smallest absolute Gasteiger partial charge is 0.121 e. The number of halogens is 1. The molecule has 1 aliphatic rings. The molecule has 69 heavy (non-hydrogen) atoms. The highest BCUT2D eigenvalue weighted by molar-refractivity contribution is 7.19. The van der Waals surface area contributed by atoms with Gasteiger partial charge in [0.2, 0.25) is 0 Å². The van der Waals surface area contributed by atoms with Crippen LogP contribution < -0.4 is 4.74 Å². The van der Waals surface area contributed by atoms with Gasteiger partial charge in [-0.25, -0.2) is 24.9 Å². The fraction of sp³-hybridized carbons (Fsp3) is 0.241. The lowest BCUT2D eigenvalue weighted by atomic mass is 9.82. The van der Waals surface area contributed by atoms with E-state index in [4.69, 9.17) is 16.3 Å². The van der Waals surface area contributed by atoms with Gasteiger partial charge in [-0.2, -0.15) is 0 Å². The number of aromatic nitrogens is 8. The molecule has 0 spiro atoms. The number of para-hydroxylation sites is 4. The molecule has 15 heteroatoms. The number of thiazole rings is 4. The van der Waals surface area contributed by atoms with E-state index in [0.717, 1.165) is 70.2 Å². The first-order chi connectivity index (χ1) is 33.0. The minimum absolute atomic E-state index is 0.136. The van der Waals surface area contributed by atoms with Crippen molar-refractivity contribution in [2.75, 3.05) is 7.11 Å². The third-order valence-corrected chi connectivity index (χ3v) is 14.8. The Morgan fingerprint density at radius 1 is 0.565 bits per heavy atom. The molecule has 356 valence electrons. The largest absolute Gasteiger partial charge is 0.497 e. The van der Waals surface area contributed by atoms with E-state index < -0.39 is 0 Å². The number of rotatable bonds is 1. The summed E-state index contributed by atoms with van der Waals surface area (Å²) in [6.45, 7) is 18.6. The zero-order chi connectivity index (χ0) is 49.7. The molecule has 0 saturated carbocycles. The SMILES string of the molecule is CC1=Nc2ccccc2C1(C)C.COc1ccc2sc(C)nc2c1.Cc1nc2cc(Cl)ccc2s1.Cc1nc2ccccc2n1C.Cc1nc2ccccc2s1.Cc1nccn1C.Cc1nccs1. The molecular weight excluding hydrogens is 954 g/mol. The van der Waals surface area contributed by atoms with E-state index in [1.807, 2.05) is 151 Å². The topological polar surface area (TPSA) is 109 Å². The van der Waals surface area contributed by atoms with Gasteiger partial charge in [-0.1, -0.05) is 67.9 Å². The predicted octanol–water partition coefficient (Wildman–Crippen LogP) is 15.6. The Morgan fingerprint density at radius 3 is 1.68 bits per heavy atom. The number of benzene rings is 5. The normalized spacial score (nSPS) is 11.8. The molecule has 0 amide bonds. The van der Waals surface area contributed by atoms with Gasteiger partial charge in [0.1, 0.15) is 17.4 Å². The van der Waals surface area contributed by atoms with E-state index >= 15 is 0 Å². The highest BCUT2D eigenvalue weighted by atomic mass is 35.5. The molecule has 10 nitrogen and oxygen atoms in total. The molecule has 0 atom stereocenters. The van der Waals surface area contributed by atoms with Crippen molar-refractivity contribution in [3.63, 3.8) is 0 Å². The van der Waals surface area contributed by atoms with Crippen LogP contribution in [0.1, 0.15) is 58.0 Å². The van der Waals surface area contributed by atoms with Crippen molar-refractivity contribution < 1.29 is 4.74 Å². The number of aliphatic imine (C=N–C) groups is 1. The van der Waals surface area contributed by atoms with Gasteiger partial charge >= 0.3 is 0 Å². The van der Waals surface area contributed by atoms with Crippen molar-refractivity contribution in [2.45, 2.75) is 67.7 Å². The molecule has 12 rings (SSSR count). The summed E-state index contributed by atoms with van der Waals surface area (Å²) in [5.74, 6) is 2.99. The maximum atomic E-state index is 5.79. The fourth-order valence-corrected chi connectivity index (χ4v) is 9.82. The molecule has 0 radical (unpaired) electrons. The summed E-state index contributed by atoms with van der Waals surface area (Å²) in [6, 6.07) is 36.4. The van der Waals surface area contributed by atoms with Gasteiger partial charge in [0.05, 0.1) is 74.5 Å². The first-order valence-corrected chi connectivity index (χ1v) is 25.8. The van der Waals surface area contributed by atoms with Crippen molar-refractivity contribution in [3.8, 4) is 5.75 Å². The second-order valence-electron chi connectivity index (χ2n) is 16.3. The fourth-order valence-electron chi connectivity index (χ4n) is 6.77. The van der Waals surface area contributed by atoms with Crippen LogP contribution in [0.2, 0.25) is 5.02 Å². The Morgan fingerprint density at radius 2 is 1.14 bits per heavy atom. The third-order valence-electron chi connectivity index (χ3n) is 11.0. The number of aryl methyl sites for hydroxylation is 8. The number of nitrogens with zero attached hydrogens (tertiary/aromatic N) is 9. The Labute approximate surface area is 426 Å². The molecular formula is C54H58ClN9OS4. The predicted molar refractivity (Wildman–Crippen MR) is 297 cm³/mol. The van der Waals surface area contributed by atoms with Crippen LogP contribution in [-0.2, 0) is 19.5 Å². The van der Waals surface area contributed by atoms with Gasteiger partial charge in [-0.3, -0.25) is 9.98 Å². The van der Waals surface area contributed by atoms with E-state index in [1.54, 1.807) is 64.9 Å². The van der Waals surface area contributed by atoms with E-state index in [1.165, 1.54) is 30.9 Å². The van der Waals surface area contributed by atoms with Gasteiger partial charge in [0.15, 0.2) is 0 Å². The number of hydrogen-bond acceptors (Lipinski definition) is 12. The summed E-state index contributed by atoms with van der Waals surface area (Å²) in [4.78, 5) is 29.8. The number of hydrogen-bond donors (Lipinski definition) is 0. The molecule has 0 aliphatic carbocycles. The van der Waals surface area contributed by atoms with Crippen LogP contribution in [0, 0.1) is 41.5 Å². The lowest BCUT2D eigenvalue weighted by Gasteiger charge is -2.19. The molecule has 11 aromatic rings. The quantitative estimate of drug-likeness (QED) is 0.161. The maximum Gasteiger partial charge on any atom is 0.121 e. The average molecular weight is 1010 g/mol. The third kappa shape index (κ3) is 14.4. The lowest BCUT2D eigenvalue weighted by Crippen LogP contribution is -2.22. The van der Waals surface area contributed by atoms with Crippen LogP contribution in [0.25, 0.3) is 41.7 Å². The van der Waals surface area contributed by atoms with Gasteiger partial charge in [0.25, 0.3) is 0 Å². The Kier molecular flexibility index (Phi) is 18.5. The molecule has 0 fully saturated rings. The second kappa shape index (κ2) is 24.4. The Balaban J connectivity index is 0.000000134. The first-order valence-electron chi connectivity index (χ1n) is 22.1. The van der Waals surface area contributed by atoms with Crippen molar-refractivity contribution >= 4 is 110 Å². The van der Waals surface area contributed by atoms with Crippen molar-refractivity contribution in [1.29, 1.82) is 0 Å². The van der Waals surface area contributed by atoms with Gasteiger partial charge < -0.3 is 13.9 Å². The monoisotopic (exact) mass is 1010 g/mol. The Hall–Kier alpha value is -6.16. The first kappa shape index (κ1) is 52.2. The van der Waals surface area contributed by atoms with E-state index in [0.29, 0.717) is 0 Å². The van der Waals surface area contributed by atoms with Gasteiger partial charge in [0, 0.05) is 60.3 Å². The van der Waals surface area contributed by atoms with Crippen molar-refractivity contribution in [1.82, 2.24) is 39.0 Å². The summed E-state index contributed by atoms with van der Waals surface area (Å²) >= 11 is 12.6. The lowest BCUT2D eigenvalue weighted by molar-refractivity contribution is 0.415. The zero-order valence-electron chi connectivity index (χ0n) is 41.1. The molecule has 0 saturated heterocycles. The molecule has 0 N–H and O–H groups in total. The summed E-state index contributed by atoms with van der Waals surface area (Å²) in [7, 11) is 5.67. The number of imidazole rings is 2. The molecule has 5 aromatic carbocycles. The summed E-state index contributed by atoms with van der Waals surface area (Å²) in [5.41, 5.74) is 9.25. The maximum absolute atomic E-state index is 5.79. The summed E-state index contributed by atoms with van der Waals surface area (Å²) in [5, 5.41) is 7.18. The van der Waals surface area contributed by atoms with Crippen LogP contribution in [-0.4, -0.2) is 51.9 Å². The van der Waals surface area contributed by atoms with Crippen LogP contribution in [0.4, 0.5) is 5.69 Å². The highest BCUT2D eigenvalue weighted by Gasteiger charge is 2.31. The van der Waals surface area contributed by atoms with E-state index in [9.17, 15) is 0 Å². The number of fused-ring (bicyclic) bond motifs is 5. The standard InChI is InChI=1S/C11H13N.C9H10N2.C9H9NOS.C8H6ClNS.C8H7NS.C5H8N2.C4H5NS/c1-8-11(2,3)9-6-4-5-7-10(9)12-8;1-7-10-8-5-3-4-6-9(8)11(7)2;1-6-10-8-5-7(11-2)3-4-9(8)12-6;1-5-10-7-4-6(9)2-3-8(7)11-5;1-6-9-7-4-2-3-5-8(7)10-6;1-5-6-3-4-7(5)2;1-4-5-2-3-6-4/h4-7H,1-3H3;3-6H,1-2H3;3-5H,1-2H3;2-4H,1H3;2-5H,1H3;3-4H,1-2H3;2-3H,1H3.